The number of imide groups is 1. The van der Waals surface area contributed by atoms with Gasteiger partial charge in [0.2, 0.25) is 0 Å². The standard InChI is InChI=1S/C25H34N4O7/c1-10-15-16-17(34-25(8,9)33-16)20(32-15)28-12-11-14-18(28)26-13-27-19(14)29(21(30)35-23(2,3)4)22(31)36-24(5,6)7/h10-13,15-17,20H,1H2,2-9H3/t15-,16-,17-,20-/m1/s1. The number of fused-ring (bicyclic) bond motifs is 2. The third-order valence-corrected chi connectivity index (χ3v) is 5.42. The Morgan fingerprint density at radius 2 is 1.64 bits per heavy atom. The first kappa shape index (κ1) is 26.1. The van der Waals surface area contributed by atoms with Gasteiger partial charge in [-0.25, -0.2) is 19.6 Å². The van der Waals surface area contributed by atoms with Crippen molar-refractivity contribution in [2.24, 2.45) is 0 Å². The summed E-state index contributed by atoms with van der Waals surface area (Å²) in [6.07, 6.45) is 1.12. The average molecular weight is 503 g/mol. The lowest BCUT2D eigenvalue weighted by molar-refractivity contribution is -0.191. The molecule has 0 bridgehead atoms. The molecule has 2 saturated heterocycles. The molecular formula is C25H34N4O7. The van der Waals surface area contributed by atoms with Crippen LogP contribution in [0.25, 0.3) is 11.0 Å². The van der Waals surface area contributed by atoms with E-state index in [2.05, 4.69) is 16.5 Å². The van der Waals surface area contributed by atoms with Gasteiger partial charge in [-0.3, -0.25) is 0 Å². The zero-order valence-corrected chi connectivity index (χ0v) is 22.0. The summed E-state index contributed by atoms with van der Waals surface area (Å²) < 4.78 is 31.1. The molecular weight excluding hydrogens is 468 g/mol. The fraction of sp³-hybridized carbons (Fsp3) is 0.600. The van der Waals surface area contributed by atoms with Crippen molar-refractivity contribution in [3.8, 4) is 0 Å². The largest absolute Gasteiger partial charge is 0.443 e. The molecule has 196 valence electrons. The van der Waals surface area contributed by atoms with E-state index >= 15 is 0 Å². The number of carbonyl (C=O) groups excluding carboxylic acids is 2. The van der Waals surface area contributed by atoms with Crippen molar-refractivity contribution in [2.75, 3.05) is 4.90 Å². The SMILES string of the molecule is C=C[C@H]1O[C@@H](n2ccc3c(N(C(=O)OC(C)(C)C)C(=O)OC(C)(C)C)ncnc32)[C@@H]2OC(C)(C)O[C@@H]21. The summed E-state index contributed by atoms with van der Waals surface area (Å²) in [5, 5.41) is 0.426. The first-order valence-electron chi connectivity index (χ1n) is 11.8. The van der Waals surface area contributed by atoms with Gasteiger partial charge in [0.25, 0.3) is 0 Å². The minimum Gasteiger partial charge on any atom is -0.443 e. The molecule has 0 unspecified atom stereocenters. The van der Waals surface area contributed by atoms with Crippen molar-refractivity contribution in [3.05, 3.63) is 31.2 Å². The van der Waals surface area contributed by atoms with Crippen molar-refractivity contribution in [1.29, 1.82) is 0 Å². The molecule has 0 aliphatic carbocycles. The molecule has 0 radical (unpaired) electrons. The van der Waals surface area contributed by atoms with E-state index in [1.54, 1.807) is 64.4 Å². The van der Waals surface area contributed by atoms with Crippen LogP contribution in [0.15, 0.2) is 31.2 Å². The Morgan fingerprint density at radius 1 is 1.06 bits per heavy atom. The number of hydrogen-bond donors (Lipinski definition) is 0. The number of aromatic nitrogens is 3. The Labute approximate surface area is 210 Å². The van der Waals surface area contributed by atoms with Crippen LogP contribution in [0, 0.1) is 0 Å². The maximum Gasteiger partial charge on any atom is 0.425 e. The molecule has 4 rings (SSSR count). The monoisotopic (exact) mass is 502 g/mol. The van der Waals surface area contributed by atoms with Crippen LogP contribution < -0.4 is 4.90 Å². The van der Waals surface area contributed by atoms with E-state index in [1.165, 1.54) is 6.33 Å². The van der Waals surface area contributed by atoms with E-state index in [1.807, 2.05) is 13.8 Å². The first-order valence-corrected chi connectivity index (χ1v) is 11.8. The summed E-state index contributed by atoms with van der Waals surface area (Å²) in [6.45, 7) is 17.8. The van der Waals surface area contributed by atoms with Gasteiger partial charge >= 0.3 is 12.2 Å². The second-order valence-electron chi connectivity index (χ2n) is 11.2. The first-order chi connectivity index (χ1) is 16.6. The highest BCUT2D eigenvalue weighted by Gasteiger charge is 2.55. The maximum atomic E-state index is 13.2. The van der Waals surface area contributed by atoms with Gasteiger partial charge in [0.1, 0.15) is 41.5 Å². The van der Waals surface area contributed by atoms with E-state index in [4.69, 9.17) is 23.7 Å². The predicted octanol–water partition coefficient (Wildman–Crippen LogP) is 4.71. The molecule has 2 aliphatic rings. The second kappa shape index (κ2) is 8.82. The van der Waals surface area contributed by atoms with Crippen LogP contribution in [0.3, 0.4) is 0 Å². The van der Waals surface area contributed by atoms with Crippen LogP contribution in [0.2, 0.25) is 0 Å². The molecule has 36 heavy (non-hydrogen) atoms. The van der Waals surface area contributed by atoms with Crippen LogP contribution >= 0.6 is 0 Å². The molecule has 2 aromatic rings. The van der Waals surface area contributed by atoms with Crippen LogP contribution in [0.4, 0.5) is 15.4 Å². The summed E-state index contributed by atoms with van der Waals surface area (Å²) in [7, 11) is 0. The van der Waals surface area contributed by atoms with Gasteiger partial charge in [-0.15, -0.1) is 6.58 Å². The van der Waals surface area contributed by atoms with Gasteiger partial charge in [-0.1, -0.05) is 6.08 Å². The van der Waals surface area contributed by atoms with Gasteiger partial charge < -0.3 is 28.3 Å². The lowest BCUT2D eigenvalue weighted by Crippen LogP contribution is -2.44. The number of ether oxygens (including phenoxy) is 5. The van der Waals surface area contributed by atoms with E-state index in [-0.39, 0.29) is 18.0 Å². The van der Waals surface area contributed by atoms with Gasteiger partial charge in [0, 0.05) is 6.20 Å². The third kappa shape index (κ3) is 5.09. The highest BCUT2D eigenvalue weighted by molar-refractivity contribution is 6.13. The number of rotatable bonds is 3. The van der Waals surface area contributed by atoms with Gasteiger partial charge in [0.05, 0.1) is 5.39 Å². The number of hydrogen-bond acceptors (Lipinski definition) is 9. The lowest BCUT2D eigenvalue weighted by Gasteiger charge is -2.28. The van der Waals surface area contributed by atoms with Crippen molar-refractivity contribution in [3.63, 3.8) is 0 Å². The Kier molecular flexibility index (Phi) is 6.39. The molecule has 0 spiro atoms. The van der Waals surface area contributed by atoms with Crippen LogP contribution in [-0.4, -0.2) is 62.0 Å². The van der Waals surface area contributed by atoms with Gasteiger partial charge in [-0.2, -0.15) is 4.90 Å². The summed E-state index contributed by atoms with van der Waals surface area (Å²) in [4.78, 5) is 35.8. The molecule has 0 aromatic carbocycles. The average Bonchev–Trinajstić information content (AvgIpc) is 3.36. The Hall–Kier alpha value is -3.02. The minimum atomic E-state index is -0.914. The van der Waals surface area contributed by atoms with Crippen LogP contribution in [0.5, 0.6) is 0 Å². The van der Waals surface area contributed by atoms with Gasteiger partial charge in [-0.05, 0) is 61.5 Å². The second-order valence-corrected chi connectivity index (χ2v) is 11.2. The van der Waals surface area contributed by atoms with Crippen molar-refractivity contribution < 1.29 is 33.3 Å². The van der Waals surface area contributed by atoms with Gasteiger partial charge in [0.15, 0.2) is 17.8 Å². The van der Waals surface area contributed by atoms with E-state index in [0.29, 0.717) is 11.0 Å². The van der Waals surface area contributed by atoms with Crippen molar-refractivity contribution in [1.82, 2.24) is 14.5 Å². The third-order valence-electron chi connectivity index (χ3n) is 5.42. The summed E-state index contributed by atoms with van der Waals surface area (Å²) >= 11 is 0. The highest BCUT2D eigenvalue weighted by atomic mass is 16.8. The molecule has 2 amide bonds. The van der Waals surface area contributed by atoms with E-state index in [0.717, 1.165) is 4.90 Å². The fourth-order valence-electron chi connectivity index (χ4n) is 4.22. The molecule has 4 atom stereocenters. The molecule has 2 aromatic heterocycles. The minimum absolute atomic E-state index is 0.0287. The normalized spacial score (nSPS) is 25.4. The highest BCUT2D eigenvalue weighted by Crippen LogP contribution is 2.44. The van der Waals surface area contributed by atoms with Crippen molar-refractivity contribution >= 4 is 29.0 Å². The van der Waals surface area contributed by atoms with E-state index in [9.17, 15) is 9.59 Å². The molecule has 0 N–H and O–H groups in total. The Bertz CT molecular complexity index is 1150. The fourth-order valence-corrected chi connectivity index (χ4v) is 4.22. The zero-order chi connectivity index (χ0) is 26.6. The number of anilines is 1. The molecule has 11 nitrogen and oxygen atoms in total. The summed E-state index contributed by atoms with van der Waals surface area (Å²) in [5.74, 6) is -0.757. The number of nitrogens with zero attached hydrogens (tertiary/aromatic N) is 4. The molecule has 0 saturated carbocycles. The molecule has 11 heteroatoms. The van der Waals surface area contributed by atoms with Crippen LogP contribution in [-0.2, 0) is 23.7 Å². The smallest absolute Gasteiger partial charge is 0.425 e. The quantitative estimate of drug-likeness (QED) is 0.550. The maximum absolute atomic E-state index is 13.2. The summed E-state index contributed by atoms with van der Waals surface area (Å²) in [6, 6.07) is 1.70. The number of carbonyl (C=O) groups is 2. The Morgan fingerprint density at radius 3 is 2.19 bits per heavy atom. The number of amides is 2. The lowest BCUT2D eigenvalue weighted by atomic mass is 10.1. The Balaban J connectivity index is 1.77. The summed E-state index contributed by atoms with van der Waals surface area (Å²) in [5.41, 5.74) is -1.28. The van der Waals surface area contributed by atoms with Crippen LogP contribution in [0.1, 0.15) is 61.6 Å². The molecule has 4 heterocycles. The molecule has 2 aliphatic heterocycles. The predicted molar refractivity (Wildman–Crippen MR) is 130 cm³/mol. The topological polar surface area (TPSA) is 114 Å². The zero-order valence-electron chi connectivity index (χ0n) is 22.0. The van der Waals surface area contributed by atoms with E-state index < -0.39 is 41.5 Å². The van der Waals surface area contributed by atoms with Crippen molar-refractivity contribution in [2.45, 2.75) is 96.9 Å². The molecule has 2 fully saturated rings.